The molecule has 1 aromatic carbocycles. The van der Waals surface area contributed by atoms with Crippen molar-refractivity contribution in [2.24, 2.45) is 5.92 Å². The predicted molar refractivity (Wildman–Crippen MR) is 83.4 cm³/mol. The van der Waals surface area contributed by atoms with Gasteiger partial charge in [-0.3, -0.25) is 4.79 Å². The number of nitrogens with one attached hydrogen (secondary N) is 1. The van der Waals surface area contributed by atoms with Gasteiger partial charge in [-0.05, 0) is 37.4 Å². The minimum absolute atomic E-state index is 0.0138. The van der Waals surface area contributed by atoms with Crippen LogP contribution in [0.25, 0.3) is 0 Å². The molecule has 0 bridgehead atoms. The Kier molecular flexibility index (Phi) is 5.96. The van der Waals surface area contributed by atoms with Crippen molar-refractivity contribution >= 4 is 27.6 Å². The van der Waals surface area contributed by atoms with Crippen molar-refractivity contribution in [3.05, 3.63) is 29.0 Å². The molecule has 0 radical (unpaired) electrons. The van der Waals surface area contributed by atoms with Crippen molar-refractivity contribution in [1.82, 2.24) is 9.62 Å². The van der Waals surface area contributed by atoms with Gasteiger partial charge >= 0.3 is 5.97 Å². The third-order valence-electron chi connectivity index (χ3n) is 3.72. The predicted octanol–water partition coefficient (Wildman–Crippen LogP) is 1.55. The highest BCUT2D eigenvalue weighted by molar-refractivity contribution is 7.89. The maximum atomic E-state index is 14.0. The molecule has 1 aliphatic heterocycles. The van der Waals surface area contributed by atoms with Gasteiger partial charge in [0.05, 0.1) is 11.6 Å². The molecule has 0 amide bonds. The summed E-state index contributed by atoms with van der Waals surface area (Å²) in [6, 6.07) is 3.89. The number of sulfonamides is 1. The average Bonchev–Trinajstić information content (AvgIpc) is 2.50. The number of carboxylic acids is 1. The first-order valence-electron chi connectivity index (χ1n) is 7.19. The Morgan fingerprint density at radius 1 is 1.48 bits per heavy atom. The van der Waals surface area contributed by atoms with E-state index < -0.39 is 26.7 Å². The van der Waals surface area contributed by atoms with Gasteiger partial charge in [0.2, 0.25) is 10.0 Å². The molecule has 1 fully saturated rings. The van der Waals surface area contributed by atoms with Crippen LogP contribution in [0.5, 0.6) is 0 Å². The van der Waals surface area contributed by atoms with Gasteiger partial charge < -0.3 is 10.4 Å². The molecule has 2 rings (SSSR count). The van der Waals surface area contributed by atoms with Crippen LogP contribution in [-0.2, 0) is 14.8 Å². The molecule has 1 atom stereocenters. The zero-order valence-corrected chi connectivity index (χ0v) is 13.9. The number of nitrogens with zero attached hydrogens (tertiary/aromatic N) is 1. The van der Waals surface area contributed by atoms with Gasteiger partial charge in [-0.2, -0.15) is 4.31 Å². The quantitative estimate of drug-likeness (QED) is 0.799. The van der Waals surface area contributed by atoms with Crippen molar-refractivity contribution in [2.45, 2.75) is 17.7 Å². The smallest absolute Gasteiger partial charge is 0.317 e. The molecule has 0 aromatic heterocycles. The van der Waals surface area contributed by atoms with E-state index >= 15 is 0 Å². The van der Waals surface area contributed by atoms with E-state index in [-0.39, 0.29) is 24.0 Å². The fraction of sp³-hybridized carbons (Fsp3) is 0.500. The number of halogens is 2. The third-order valence-corrected chi connectivity index (χ3v) is 5.90. The molecule has 0 aliphatic carbocycles. The lowest BCUT2D eigenvalue weighted by Crippen LogP contribution is -2.43. The number of hydrogen-bond donors (Lipinski definition) is 2. The van der Waals surface area contributed by atoms with Crippen LogP contribution in [0.4, 0.5) is 4.39 Å². The molecule has 1 aromatic rings. The highest BCUT2D eigenvalue weighted by Crippen LogP contribution is 2.27. The monoisotopic (exact) mass is 364 g/mol. The second-order valence-corrected chi connectivity index (χ2v) is 7.76. The largest absolute Gasteiger partial charge is 0.480 e. The Morgan fingerprint density at radius 3 is 2.91 bits per heavy atom. The summed E-state index contributed by atoms with van der Waals surface area (Å²) in [5, 5.41) is 11.1. The van der Waals surface area contributed by atoms with Gasteiger partial charge in [0, 0.05) is 13.1 Å². The van der Waals surface area contributed by atoms with E-state index in [0.717, 1.165) is 6.42 Å². The number of piperidine rings is 1. The van der Waals surface area contributed by atoms with Crippen LogP contribution in [0, 0.1) is 11.7 Å². The fourth-order valence-corrected chi connectivity index (χ4v) is 4.49. The van der Waals surface area contributed by atoms with Gasteiger partial charge in [-0.1, -0.05) is 17.7 Å². The van der Waals surface area contributed by atoms with Crippen molar-refractivity contribution in [3.63, 3.8) is 0 Å². The number of carbonyl (C=O) groups is 1. The topological polar surface area (TPSA) is 86.7 Å². The highest BCUT2D eigenvalue weighted by atomic mass is 35.5. The van der Waals surface area contributed by atoms with Gasteiger partial charge in [0.1, 0.15) is 4.90 Å². The second kappa shape index (κ2) is 7.57. The molecule has 6 nitrogen and oxygen atoms in total. The lowest BCUT2D eigenvalue weighted by atomic mass is 10.00. The van der Waals surface area contributed by atoms with Gasteiger partial charge in [0.15, 0.2) is 5.82 Å². The Morgan fingerprint density at radius 2 is 2.22 bits per heavy atom. The number of rotatable bonds is 6. The van der Waals surface area contributed by atoms with Crippen LogP contribution in [-0.4, -0.2) is 50.0 Å². The molecule has 1 saturated heterocycles. The van der Waals surface area contributed by atoms with Crippen molar-refractivity contribution in [2.75, 3.05) is 26.2 Å². The van der Waals surface area contributed by atoms with Crippen LogP contribution in [0.1, 0.15) is 12.8 Å². The fourth-order valence-electron chi connectivity index (χ4n) is 2.62. The summed E-state index contributed by atoms with van der Waals surface area (Å²) in [4.78, 5) is 10.1. The highest BCUT2D eigenvalue weighted by Gasteiger charge is 2.32. The molecule has 23 heavy (non-hydrogen) atoms. The summed E-state index contributed by atoms with van der Waals surface area (Å²) >= 11 is 5.66. The lowest BCUT2D eigenvalue weighted by Gasteiger charge is -2.32. The van der Waals surface area contributed by atoms with E-state index in [1.165, 1.54) is 22.5 Å². The first-order chi connectivity index (χ1) is 10.8. The molecule has 128 valence electrons. The van der Waals surface area contributed by atoms with Crippen LogP contribution >= 0.6 is 11.6 Å². The normalized spacial score (nSPS) is 19.7. The zero-order valence-electron chi connectivity index (χ0n) is 12.3. The number of benzene rings is 1. The van der Waals surface area contributed by atoms with Crippen LogP contribution in [0.2, 0.25) is 5.02 Å². The van der Waals surface area contributed by atoms with E-state index in [9.17, 15) is 17.6 Å². The maximum absolute atomic E-state index is 14.0. The van der Waals surface area contributed by atoms with E-state index in [4.69, 9.17) is 16.7 Å². The van der Waals surface area contributed by atoms with Gasteiger partial charge in [-0.15, -0.1) is 0 Å². The van der Waals surface area contributed by atoms with Crippen LogP contribution < -0.4 is 5.32 Å². The third kappa shape index (κ3) is 4.41. The summed E-state index contributed by atoms with van der Waals surface area (Å²) in [5.41, 5.74) is 0. The first-order valence-corrected chi connectivity index (χ1v) is 9.01. The van der Waals surface area contributed by atoms with Gasteiger partial charge in [-0.25, -0.2) is 12.8 Å². The number of aliphatic carboxylic acids is 1. The van der Waals surface area contributed by atoms with E-state index in [2.05, 4.69) is 5.32 Å². The van der Waals surface area contributed by atoms with Crippen molar-refractivity contribution in [3.8, 4) is 0 Å². The molecule has 0 spiro atoms. The number of hydrogen-bond acceptors (Lipinski definition) is 4. The minimum Gasteiger partial charge on any atom is -0.480 e. The summed E-state index contributed by atoms with van der Waals surface area (Å²) in [6.07, 6.45) is 1.43. The maximum Gasteiger partial charge on any atom is 0.317 e. The summed E-state index contributed by atoms with van der Waals surface area (Å²) in [6.45, 7) is 0.757. The molecule has 1 aliphatic rings. The molecular formula is C14H18ClFN2O4S. The second-order valence-electron chi connectivity index (χ2n) is 5.45. The van der Waals surface area contributed by atoms with E-state index in [1.807, 2.05) is 0 Å². The Hall–Kier alpha value is -1.22. The average molecular weight is 365 g/mol. The summed E-state index contributed by atoms with van der Waals surface area (Å²) < 4.78 is 40.5. The SMILES string of the molecule is O=C(O)CNCC1CCCN(S(=O)(=O)c2cccc(Cl)c2F)C1. The summed E-state index contributed by atoms with van der Waals surface area (Å²) in [7, 11) is -3.96. The van der Waals surface area contributed by atoms with Crippen molar-refractivity contribution in [1.29, 1.82) is 0 Å². The molecule has 0 saturated carbocycles. The minimum atomic E-state index is -3.96. The molecular weight excluding hydrogens is 347 g/mol. The van der Waals surface area contributed by atoms with E-state index in [0.29, 0.717) is 19.5 Å². The number of carboxylic acid groups (broad SMARTS) is 1. The van der Waals surface area contributed by atoms with Gasteiger partial charge in [0.25, 0.3) is 0 Å². The molecule has 1 heterocycles. The zero-order chi connectivity index (χ0) is 17.0. The molecule has 2 N–H and O–H groups in total. The Balaban J connectivity index is 2.10. The van der Waals surface area contributed by atoms with Crippen molar-refractivity contribution < 1.29 is 22.7 Å². The Bertz CT molecular complexity index is 683. The van der Waals surface area contributed by atoms with E-state index in [1.54, 1.807) is 0 Å². The molecule has 9 heteroatoms. The first kappa shape index (κ1) is 18.1. The standard InChI is InChI=1S/C14H18ClFN2O4S/c15-11-4-1-5-12(14(11)16)23(21,22)18-6-2-3-10(9-18)7-17-8-13(19)20/h1,4-5,10,17H,2-3,6-9H2,(H,19,20). The summed E-state index contributed by atoms with van der Waals surface area (Å²) in [5.74, 6) is -1.92. The lowest BCUT2D eigenvalue weighted by molar-refractivity contribution is -0.136. The van der Waals surface area contributed by atoms with Crippen LogP contribution in [0.15, 0.2) is 23.1 Å². The van der Waals surface area contributed by atoms with Crippen LogP contribution in [0.3, 0.4) is 0 Å². The Labute approximate surface area is 139 Å². The molecule has 1 unspecified atom stereocenters.